The molecule has 0 atom stereocenters. The van der Waals surface area contributed by atoms with E-state index in [1.54, 1.807) is 0 Å². The topological polar surface area (TPSA) is 69.7 Å². The summed E-state index contributed by atoms with van der Waals surface area (Å²) in [6, 6.07) is 7.67. The van der Waals surface area contributed by atoms with Crippen LogP contribution in [-0.2, 0) is 14.3 Å². The number of ether oxygens (including phenoxy) is 3. The summed E-state index contributed by atoms with van der Waals surface area (Å²) in [6.07, 6.45) is 1.32. The van der Waals surface area contributed by atoms with Crippen LogP contribution in [0.1, 0.15) is 6.92 Å². The van der Waals surface area contributed by atoms with Crippen LogP contribution in [-0.4, -0.2) is 30.7 Å². The molecular weight excluding hydrogens is 316 g/mol. The number of amides is 1. The first-order valence-electron chi connectivity index (χ1n) is 7.21. The zero-order valence-electron chi connectivity index (χ0n) is 12.6. The molecule has 6 nitrogen and oxygen atoms in total. The number of rotatable bonds is 5. The summed E-state index contributed by atoms with van der Waals surface area (Å²) >= 11 is 1.35. The lowest BCUT2D eigenvalue weighted by Gasteiger charge is -2.14. The van der Waals surface area contributed by atoms with Crippen LogP contribution >= 0.6 is 11.3 Å². The first-order chi connectivity index (χ1) is 11.3. The number of carbonyl (C=O) groups excluding carboxylic acids is 1. The molecule has 0 spiro atoms. The molecule has 7 heteroatoms. The second kappa shape index (κ2) is 7.15. The number of benzene rings is 1. The predicted molar refractivity (Wildman–Crippen MR) is 87.3 cm³/mol. The van der Waals surface area contributed by atoms with E-state index in [9.17, 15) is 4.79 Å². The van der Waals surface area contributed by atoms with E-state index in [1.165, 1.54) is 17.6 Å². The molecule has 1 aromatic heterocycles. The molecule has 2 aromatic rings. The second-order valence-corrected chi connectivity index (χ2v) is 5.51. The van der Waals surface area contributed by atoms with Gasteiger partial charge in [-0.2, -0.15) is 0 Å². The minimum absolute atomic E-state index is 0.161. The maximum absolute atomic E-state index is 12.0. The molecule has 1 N–H and O–H groups in total. The van der Waals surface area contributed by atoms with Crippen molar-refractivity contribution in [1.29, 1.82) is 0 Å². The molecular formula is C16H16N2O4S. The molecule has 0 bridgehead atoms. The van der Waals surface area contributed by atoms with Gasteiger partial charge >= 0.3 is 0 Å². The van der Waals surface area contributed by atoms with Gasteiger partial charge in [-0.05, 0) is 31.2 Å². The van der Waals surface area contributed by atoms with Gasteiger partial charge in [0.2, 0.25) is 5.76 Å². The van der Waals surface area contributed by atoms with E-state index < -0.39 is 0 Å². The number of aromatic nitrogens is 1. The van der Waals surface area contributed by atoms with Gasteiger partial charge in [0.05, 0.1) is 12.3 Å². The van der Waals surface area contributed by atoms with Gasteiger partial charge in [0.15, 0.2) is 5.13 Å². The Hall–Kier alpha value is -2.54. The molecule has 1 amide bonds. The van der Waals surface area contributed by atoms with Crippen LogP contribution in [0, 0.1) is 0 Å². The Labute approximate surface area is 137 Å². The van der Waals surface area contributed by atoms with Gasteiger partial charge in [0, 0.05) is 10.9 Å². The van der Waals surface area contributed by atoms with Crippen LogP contribution in [0.4, 0.5) is 5.13 Å². The fraction of sp³-hybridized carbons (Fsp3) is 0.250. The van der Waals surface area contributed by atoms with Crippen molar-refractivity contribution >= 4 is 22.4 Å². The quantitative estimate of drug-likeness (QED) is 0.911. The summed E-state index contributed by atoms with van der Waals surface area (Å²) in [7, 11) is 0. The Morgan fingerprint density at radius 1 is 1.35 bits per heavy atom. The zero-order chi connectivity index (χ0) is 16.1. The number of hydrogen-bond donors (Lipinski definition) is 1. The van der Waals surface area contributed by atoms with Crippen LogP contribution in [0.5, 0.6) is 5.75 Å². The molecule has 0 fully saturated rings. The van der Waals surface area contributed by atoms with Crippen LogP contribution in [0.2, 0.25) is 0 Å². The lowest BCUT2D eigenvalue weighted by molar-refractivity contribution is -0.117. The largest absolute Gasteiger partial charge is 0.494 e. The van der Waals surface area contributed by atoms with Crippen molar-refractivity contribution in [3.63, 3.8) is 0 Å². The number of nitrogens with one attached hydrogen (secondary N) is 1. The number of thiazole rings is 1. The van der Waals surface area contributed by atoms with Gasteiger partial charge < -0.3 is 14.2 Å². The molecule has 0 aliphatic carbocycles. The maximum Gasteiger partial charge on any atom is 0.295 e. The van der Waals surface area contributed by atoms with E-state index in [1.807, 2.05) is 36.6 Å². The Kier molecular flexibility index (Phi) is 4.77. The molecule has 3 rings (SSSR count). The molecule has 1 aliphatic heterocycles. The number of nitrogens with zero attached hydrogens (tertiary/aromatic N) is 1. The van der Waals surface area contributed by atoms with E-state index >= 15 is 0 Å². The highest BCUT2D eigenvalue weighted by Gasteiger charge is 2.16. The van der Waals surface area contributed by atoms with E-state index in [4.69, 9.17) is 14.2 Å². The van der Waals surface area contributed by atoms with Crippen LogP contribution in [0.3, 0.4) is 0 Å². The van der Waals surface area contributed by atoms with Crippen LogP contribution in [0.15, 0.2) is 41.7 Å². The second-order valence-electron chi connectivity index (χ2n) is 4.65. The first-order valence-corrected chi connectivity index (χ1v) is 8.09. The Bertz CT molecular complexity index is 709. The molecule has 120 valence electrons. The Balaban J connectivity index is 1.67. The van der Waals surface area contributed by atoms with E-state index in [0.717, 1.165) is 17.0 Å². The Morgan fingerprint density at radius 3 is 2.87 bits per heavy atom. The van der Waals surface area contributed by atoms with Gasteiger partial charge in [-0.3, -0.25) is 10.1 Å². The van der Waals surface area contributed by atoms with Crippen molar-refractivity contribution in [1.82, 2.24) is 4.98 Å². The van der Waals surface area contributed by atoms with Crippen molar-refractivity contribution in [2.24, 2.45) is 0 Å². The lowest BCUT2D eigenvalue weighted by atomic mass is 10.2. The van der Waals surface area contributed by atoms with Crippen molar-refractivity contribution in [3.8, 4) is 17.0 Å². The third-order valence-electron chi connectivity index (χ3n) is 3.06. The van der Waals surface area contributed by atoms with Gasteiger partial charge in [0.1, 0.15) is 25.2 Å². The molecule has 0 saturated heterocycles. The predicted octanol–water partition coefficient (Wildman–Crippen LogP) is 3.04. The summed E-state index contributed by atoms with van der Waals surface area (Å²) in [4.78, 5) is 16.4. The molecule has 0 radical (unpaired) electrons. The zero-order valence-corrected chi connectivity index (χ0v) is 13.4. The fourth-order valence-electron chi connectivity index (χ4n) is 2.00. The standard InChI is InChI=1S/C16H16N2O4S/c1-2-21-12-5-3-11(4-6-12)13-10-23-16(17-13)18-15(19)14-9-20-7-8-22-14/h3-6,9-10H,2,7-8H2,1H3,(H,17,18,19). The van der Waals surface area contributed by atoms with Crippen molar-refractivity contribution in [2.75, 3.05) is 25.1 Å². The SMILES string of the molecule is CCOc1ccc(-c2csc(NC(=O)C3=COCCO3)n2)cc1. The Morgan fingerprint density at radius 2 is 2.17 bits per heavy atom. The van der Waals surface area contributed by atoms with Gasteiger partial charge in [0.25, 0.3) is 5.91 Å². The first kappa shape index (κ1) is 15.4. The third-order valence-corrected chi connectivity index (χ3v) is 3.82. The summed E-state index contributed by atoms with van der Waals surface area (Å²) in [5.41, 5.74) is 1.75. The lowest BCUT2D eigenvalue weighted by Crippen LogP contribution is -2.21. The van der Waals surface area contributed by atoms with Crippen molar-refractivity contribution in [3.05, 3.63) is 41.7 Å². The minimum Gasteiger partial charge on any atom is -0.494 e. The molecule has 2 heterocycles. The smallest absolute Gasteiger partial charge is 0.295 e. The number of carbonyl (C=O) groups is 1. The molecule has 0 saturated carbocycles. The average Bonchev–Trinajstić information content (AvgIpc) is 3.05. The number of anilines is 1. The number of hydrogen-bond acceptors (Lipinski definition) is 6. The van der Waals surface area contributed by atoms with Gasteiger partial charge in [-0.25, -0.2) is 4.98 Å². The summed E-state index contributed by atoms with van der Waals surface area (Å²) in [6.45, 7) is 3.40. The maximum atomic E-state index is 12.0. The highest BCUT2D eigenvalue weighted by atomic mass is 32.1. The summed E-state index contributed by atoms with van der Waals surface area (Å²) in [5, 5.41) is 5.10. The van der Waals surface area contributed by atoms with Crippen LogP contribution < -0.4 is 10.1 Å². The average molecular weight is 332 g/mol. The molecule has 1 aromatic carbocycles. The molecule has 0 unspecified atom stereocenters. The minimum atomic E-state index is -0.364. The summed E-state index contributed by atoms with van der Waals surface area (Å²) in [5.74, 6) is 0.618. The molecule has 23 heavy (non-hydrogen) atoms. The highest BCUT2D eigenvalue weighted by Crippen LogP contribution is 2.26. The van der Waals surface area contributed by atoms with E-state index in [0.29, 0.717) is 25.0 Å². The fourth-order valence-corrected chi connectivity index (χ4v) is 2.71. The van der Waals surface area contributed by atoms with Crippen molar-refractivity contribution < 1.29 is 19.0 Å². The van der Waals surface area contributed by atoms with Crippen LogP contribution in [0.25, 0.3) is 11.3 Å². The van der Waals surface area contributed by atoms with E-state index in [2.05, 4.69) is 10.3 Å². The third kappa shape index (κ3) is 3.81. The van der Waals surface area contributed by atoms with Crippen molar-refractivity contribution in [2.45, 2.75) is 6.92 Å². The van der Waals surface area contributed by atoms with Gasteiger partial charge in [-0.15, -0.1) is 11.3 Å². The van der Waals surface area contributed by atoms with Gasteiger partial charge in [-0.1, -0.05) is 0 Å². The molecule has 1 aliphatic rings. The normalized spacial score (nSPS) is 13.5. The monoisotopic (exact) mass is 332 g/mol. The highest BCUT2D eigenvalue weighted by molar-refractivity contribution is 7.14. The van der Waals surface area contributed by atoms with E-state index in [-0.39, 0.29) is 11.7 Å². The summed E-state index contributed by atoms with van der Waals surface area (Å²) < 4.78 is 15.7.